The van der Waals surface area contributed by atoms with Crippen LogP contribution in [0.3, 0.4) is 0 Å². The van der Waals surface area contributed by atoms with Crippen molar-refractivity contribution in [2.75, 3.05) is 32.8 Å². The summed E-state index contributed by atoms with van der Waals surface area (Å²) in [4.78, 5) is 13.7. The number of fused-ring (bicyclic) bond motifs is 1. The first-order valence-corrected chi connectivity index (χ1v) is 11.3. The summed E-state index contributed by atoms with van der Waals surface area (Å²) in [5.41, 5.74) is 2.07. The second kappa shape index (κ2) is 10.4. The Morgan fingerprint density at radius 2 is 1.78 bits per heavy atom. The van der Waals surface area contributed by atoms with Gasteiger partial charge in [-0.05, 0) is 54.2 Å². The quantitative estimate of drug-likeness (QED) is 0.493. The number of hydrogen-bond donors (Lipinski definition) is 2. The Hall–Kier alpha value is -2.48. The summed E-state index contributed by atoms with van der Waals surface area (Å²) in [6.07, 6.45) is -0.478. The molecule has 4 atom stereocenters. The topological polar surface area (TPSA) is 71.0 Å². The van der Waals surface area contributed by atoms with E-state index in [0.29, 0.717) is 37.5 Å². The molecule has 1 aliphatic heterocycles. The number of benzene rings is 2. The van der Waals surface area contributed by atoms with Gasteiger partial charge in [-0.1, -0.05) is 24.3 Å². The van der Waals surface area contributed by atoms with E-state index in [-0.39, 0.29) is 5.82 Å². The van der Waals surface area contributed by atoms with Gasteiger partial charge in [0.05, 0.1) is 0 Å². The van der Waals surface area contributed by atoms with Crippen LogP contribution in [0.2, 0.25) is 0 Å². The second-order valence-electron chi connectivity index (χ2n) is 8.61. The van der Waals surface area contributed by atoms with E-state index in [2.05, 4.69) is 10.2 Å². The van der Waals surface area contributed by atoms with Crippen LogP contribution in [-0.2, 0) is 22.5 Å². The van der Waals surface area contributed by atoms with E-state index in [1.807, 2.05) is 36.4 Å². The van der Waals surface area contributed by atoms with Gasteiger partial charge >= 0.3 is 5.97 Å². The summed E-state index contributed by atoms with van der Waals surface area (Å²) in [5, 5.41) is 12.8. The smallest absolute Gasteiger partial charge is 0.333 e. The summed E-state index contributed by atoms with van der Waals surface area (Å²) in [7, 11) is 0. The molecule has 1 saturated carbocycles. The van der Waals surface area contributed by atoms with Crippen LogP contribution in [0.5, 0.6) is 5.75 Å². The molecule has 1 unspecified atom stereocenters. The lowest BCUT2D eigenvalue weighted by atomic mass is 10.1. The van der Waals surface area contributed by atoms with Gasteiger partial charge in [-0.15, -0.1) is 0 Å². The number of carbonyl (C=O) groups is 1. The summed E-state index contributed by atoms with van der Waals surface area (Å²) in [5.74, 6) is 1.04. The van der Waals surface area contributed by atoms with Gasteiger partial charge in [0.15, 0.2) is 6.10 Å². The van der Waals surface area contributed by atoms with Crippen LogP contribution in [-0.4, -0.2) is 61.0 Å². The van der Waals surface area contributed by atoms with Crippen LogP contribution in [0.4, 0.5) is 4.39 Å². The van der Waals surface area contributed by atoms with E-state index in [1.54, 1.807) is 6.92 Å². The predicted molar refractivity (Wildman–Crippen MR) is 119 cm³/mol. The third-order valence-electron chi connectivity index (χ3n) is 6.33. The molecule has 7 heteroatoms. The molecule has 0 bridgehead atoms. The Morgan fingerprint density at radius 3 is 2.41 bits per heavy atom. The van der Waals surface area contributed by atoms with Gasteiger partial charge in [-0.3, -0.25) is 4.90 Å². The third-order valence-corrected chi connectivity index (χ3v) is 6.33. The molecule has 1 saturated heterocycles. The highest BCUT2D eigenvalue weighted by atomic mass is 19.1. The minimum Gasteiger partial charge on any atom is -0.492 e. The lowest BCUT2D eigenvalue weighted by molar-refractivity contribution is -0.149. The summed E-state index contributed by atoms with van der Waals surface area (Å²) < 4.78 is 24.1. The highest BCUT2D eigenvalue weighted by Crippen LogP contribution is 2.45. The molecule has 4 rings (SSSR count). The van der Waals surface area contributed by atoms with Crippen molar-refractivity contribution in [3.63, 3.8) is 0 Å². The molecule has 32 heavy (non-hydrogen) atoms. The first-order valence-electron chi connectivity index (χ1n) is 11.3. The molecule has 6 nitrogen and oxygen atoms in total. The van der Waals surface area contributed by atoms with E-state index >= 15 is 0 Å². The molecular formula is C25H31FN2O4. The summed E-state index contributed by atoms with van der Waals surface area (Å²) >= 11 is 0. The Labute approximate surface area is 188 Å². The van der Waals surface area contributed by atoms with Gasteiger partial charge in [0.1, 0.15) is 18.2 Å². The minimum absolute atomic E-state index is 0.186. The molecule has 1 heterocycles. The Bertz CT molecular complexity index is 878. The molecule has 0 radical (unpaired) electrons. The average Bonchev–Trinajstić information content (AvgIpc) is 3.23. The minimum atomic E-state index is -0.943. The van der Waals surface area contributed by atoms with E-state index in [1.165, 1.54) is 12.1 Å². The van der Waals surface area contributed by atoms with E-state index in [0.717, 1.165) is 43.1 Å². The molecule has 2 aromatic carbocycles. The number of carboxylic acid groups (broad SMARTS) is 1. The second-order valence-corrected chi connectivity index (χ2v) is 8.61. The maximum atomic E-state index is 13.0. The largest absolute Gasteiger partial charge is 0.492 e. The van der Waals surface area contributed by atoms with Gasteiger partial charge in [-0.25, -0.2) is 9.18 Å². The lowest BCUT2D eigenvalue weighted by Crippen LogP contribution is -2.33. The maximum absolute atomic E-state index is 13.0. The van der Waals surface area contributed by atoms with Crippen molar-refractivity contribution in [1.82, 2.24) is 10.2 Å². The molecule has 0 amide bonds. The van der Waals surface area contributed by atoms with Crippen molar-refractivity contribution in [3.8, 4) is 5.75 Å². The first kappa shape index (κ1) is 22.7. The first-order chi connectivity index (χ1) is 15.5. The van der Waals surface area contributed by atoms with Crippen molar-refractivity contribution >= 4 is 5.97 Å². The van der Waals surface area contributed by atoms with Gasteiger partial charge in [0, 0.05) is 45.2 Å². The molecule has 1 aliphatic carbocycles. The van der Waals surface area contributed by atoms with Gasteiger partial charge in [0.25, 0.3) is 0 Å². The van der Waals surface area contributed by atoms with Crippen LogP contribution < -0.4 is 10.1 Å². The number of rotatable bonds is 12. The fourth-order valence-corrected chi connectivity index (χ4v) is 4.64. The molecule has 2 fully saturated rings. The van der Waals surface area contributed by atoms with Crippen LogP contribution in [0, 0.1) is 17.7 Å². The van der Waals surface area contributed by atoms with Crippen LogP contribution in [0.25, 0.3) is 0 Å². The van der Waals surface area contributed by atoms with Crippen LogP contribution >= 0.6 is 0 Å². The average molecular weight is 443 g/mol. The maximum Gasteiger partial charge on any atom is 0.333 e. The van der Waals surface area contributed by atoms with Gasteiger partial charge < -0.3 is 19.9 Å². The normalized spacial score (nSPS) is 23.0. The molecule has 172 valence electrons. The Morgan fingerprint density at radius 1 is 1.12 bits per heavy atom. The van der Waals surface area contributed by atoms with Gasteiger partial charge in [-0.2, -0.15) is 0 Å². The third kappa shape index (κ3) is 5.85. The monoisotopic (exact) mass is 442 g/mol. The number of hydrogen-bond acceptors (Lipinski definition) is 5. The zero-order valence-electron chi connectivity index (χ0n) is 18.4. The zero-order chi connectivity index (χ0) is 22.5. The van der Waals surface area contributed by atoms with E-state index in [4.69, 9.17) is 9.47 Å². The summed E-state index contributed by atoms with van der Waals surface area (Å²) in [6.45, 7) is 6.60. The van der Waals surface area contributed by atoms with E-state index < -0.39 is 12.1 Å². The number of carboxylic acids is 1. The number of aliphatic carboxylic acids is 1. The van der Waals surface area contributed by atoms with Crippen molar-refractivity contribution in [1.29, 1.82) is 0 Å². The fraction of sp³-hybridized carbons (Fsp3) is 0.480. The van der Waals surface area contributed by atoms with Crippen molar-refractivity contribution in [2.45, 2.75) is 32.0 Å². The predicted octanol–water partition coefficient (Wildman–Crippen LogP) is 2.96. The van der Waals surface area contributed by atoms with E-state index in [9.17, 15) is 14.3 Å². The Balaban J connectivity index is 1.11. The number of halogens is 1. The Kier molecular flexibility index (Phi) is 7.40. The highest BCUT2D eigenvalue weighted by molar-refractivity contribution is 5.72. The standard InChI is InChI=1S/C25H31FN2O4/c1-2-31-23(25(29)30)13-17-5-9-20(10-6-17)32-12-11-27-24-21-15-28(16-22(21)24)14-18-3-7-19(26)8-4-18/h3-10,21-24,27H,2,11-16H2,1H3,(H,29,30)/t21-,22?,23-,24+/m0/s1. The van der Waals surface area contributed by atoms with Crippen molar-refractivity contribution in [2.24, 2.45) is 11.8 Å². The fourth-order valence-electron chi connectivity index (χ4n) is 4.64. The number of likely N-dealkylation sites (tertiary alicyclic amines) is 1. The summed E-state index contributed by atoms with van der Waals surface area (Å²) in [6, 6.07) is 14.9. The lowest BCUT2D eigenvalue weighted by Gasteiger charge is -2.20. The molecule has 0 spiro atoms. The van der Waals surface area contributed by atoms with Crippen molar-refractivity contribution in [3.05, 3.63) is 65.5 Å². The van der Waals surface area contributed by atoms with Crippen LogP contribution in [0.1, 0.15) is 18.1 Å². The number of nitrogens with one attached hydrogen (secondary N) is 1. The number of piperidine rings is 1. The molecule has 0 aromatic heterocycles. The van der Waals surface area contributed by atoms with Crippen molar-refractivity contribution < 1.29 is 23.8 Å². The zero-order valence-corrected chi connectivity index (χ0v) is 18.4. The molecule has 2 N–H and O–H groups in total. The molecule has 2 aliphatic rings. The molecule has 2 aromatic rings. The SMILES string of the molecule is CCO[C@@H](Cc1ccc(OCCN[C@H]2C3CN(Cc4ccc(F)cc4)C[C@@H]32)cc1)C(=O)O. The van der Waals surface area contributed by atoms with Crippen LogP contribution in [0.15, 0.2) is 48.5 Å². The number of nitrogens with zero attached hydrogens (tertiary/aromatic N) is 1. The van der Waals surface area contributed by atoms with Gasteiger partial charge in [0.2, 0.25) is 0 Å². The highest BCUT2D eigenvalue weighted by Gasteiger charge is 2.55. The molecular weight excluding hydrogens is 411 g/mol. The number of ether oxygens (including phenoxy) is 2.